The zero-order valence-electron chi connectivity index (χ0n) is 15.7. The van der Waals surface area contributed by atoms with Crippen molar-refractivity contribution < 1.29 is 9.59 Å². The zero-order chi connectivity index (χ0) is 18.7. The van der Waals surface area contributed by atoms with Gasteiger partial charge in [-0.1, -0.05) is 13.8 Å². The number of rotatable bonds is 4. The van der Waals surface area contributed by atoms with Gasteiger partial charge in [-0.2, -0.15) is 0 Å². The highest BCUT2D eigenvalue weighted by atomic mass is 16.2. The van der Waals surface area contributed by atoms with Crippen LogP contribution in [-0.2, 0) is 4.79 Å². The number of piperidine rings is 2. The lowest BCUT2D eigenvalue weighted by Crippen LogP contribution is -2.55. The molecule has 0 aromatic carbocycles. The van der Waals surface area contributed by atoms with E-state index >= 15 is 0 Å². The molecule has 1 aromatic heterocycles. The lowest BCUT2D eigenvalue weighted by molar-refractivity contribution is -0.139. The minimum absolute atomic E-state index is 0.0129. The van der Waals surface area contributed by atoms with Gasteiger partial charge < -0.3 is 14.8 Å². The molecule has 1 aromatic rings. The molecule has 7 heteroatoms. The van der Waals surface area contributed by atoms with E-state index < -0.39 is 0 Å². The lowest BCUT2D eigenvalue weighted by atomic mass is 9.73. The number of hydrogen-bond acceptors (Lipinski definition) is 4. The molecule has 1 spiro atoms. The Hall–Kier alpha value is -2.18. The van der Waals surface area contributed by atoms with Gasteiger partial charge in [-0.3, -0.25) is 14.4 Å². The molecule has 2 fully saturated rings. The van der Waals surface area contributed by atoms with Crippen LogP contribution in [0.1, 0.15) is 56.4 Å². The van der Waals surface area contributed by atoms with E-state index in [0.717, 1.165) is 45.0 Å². The Labute approximate surface area is 153 Å². The van der Waals surface area contributed by atoms with Crippen molar-refractivity contribution in [3.8, 4) is 0 Å². The number of aromatic amines is 1. The number of amides is 2. The number of carbonyl (C=O) groups excluding carboxylic acids is 2. The first-order valence-electron chi connectivity index (χ1n) is 9.50. The summed E-state index contributed by atoms with van der Waals surface area (Å²) in [4.78, 5) is 46.5. The molecule has 2 amide bonds. The minimum Gasteiger partial charge on any atom is -0.342 e. The molecule has 2 aliphatic rings. The molecule has 0 saturated carbocycles. The van der Waals surface area contributed by atoms with Crippen LogP contribution in [0, 0.1) is 11.3 Å². The molecule has 3 rings (SSSR count). The van der Waals surface area contributed by atoms with Crippen LogP contribution in [0.5, 0.6) is 0 Å². The third kappa shape index (κ3) is 4.14. The lowest BCUT2D eigenvalue weighted by Gasteiger charge is -2.48. The van der Waals surface area contributed by atoms with E-state index in [1.54, 1.807) is 0 Å². The Balaban J connectivity index is 1.70. The van der Waals surface area contributed by atoms with Gasteiger partial charge in [0.2, 0.25) is 5.91 Å². The van der Waals surface area contributed by atoms with Crippen LogP contribution in [0.25, 0.3) is 0 Å². The number of nitrogens with one attached hydrogen (secondary N) is 1. The average Bonchev–Trinajstić information content (AvgIpc) is 2.63. The maximum absolute atomic E-state index is 12.8. The second kappa shape index (κ2) is 7.60. The Morgan fingerprint density at radius 2 is 2.12 bits per heavy atom. The summed E-state index contributed by atoms with van der Waals surface area (Å²) >= 11 is 0. The van der Waals surface area contributed by atoms with Crippen molar-refractivity contribution in [1.29, 1.82) is 0 Å². The maximum atomic E-state index is 12.8. The van der Waals surface area contributed by atoms with Crippen LogP contribution in [-0.4, -0.2) is 57.8 Å². The number of hydrogen-bond donors (Lipinski definition) is 1. The van der Waals surface area contributed by atoms with Gasteiger partial charge in [-0.05, 0) is 31.6 Å². The Morgan fingerprint density at radius 1 is 1.31 bits per heavy atom. The SMILES string of the molecule is CC(C)CCN1C[C@]2(CCCN(C(=O)c3c[nH]c(=O)cn3)C2)CCC1=O. The smallest absolute Gasteiger partial charge is 0.273 e. The monoisotopic (exact) mass is 360 g/mol. The molecule has 2 saturated heterocycles. The Morgan fingerprint density at radius 3 is 2.81 bits per heavy atom. The molecular formula is C19H28N4O3. The van der Waals surface area contributed by atoms with Crippen molar-refractivity contribution in [2.24, 2.45) is 11.3 Å². The molecule has 2 aliphatic heterocycles. The highest BCUT2D eigenvalue weighted by Gasteiger charge is 2.42. The molecule has 0 radical (unpaired) electrons. The first-order valence-corrected chi connectivity index (χ1v) is 9.50. The van der Waals surface area contributed by atoms with E-state index in [1.807, 2.05) is 9.80 Å². The molecule has 26 heavy (non-hydrogen) atoms. The van der Waals surface area contributed by atoms with E-state index in [2.05, 4.69) is 23.8 Å². The van der Waals surface area contributed by atoms with Crippen molar-refractivity contribution in [3.63, 3.8) is 0 Å². The predicted molar refractivity (Wildman–Crippen MR) is 97.7 cm³/mol. The average molecular weight is 360 g/mol. The van der Waals surface area contributed by atoms with Crippen LogP contribution in [0.15, 0.2) is 17.2 Å². The van der Waals surface area contributed by atoms with Crippen molar-refractivity contribution in [2.75, 3.05) is 26.2 Å². The van der Waals surface area contributed by atoms with Gasteiger partial charge in [0, 0.05) is 44.2 Å². The normalized spacial score (nSPS) is 23.7. The summed E-state index contributed by atoms with van der Waals surface area (Å²) in [5, 5.41) is 0. The highest BCUT2D eigenvalue weighted by Crippen LogP contribution is 2.39. The molecule has 0 aliphatic carbocycles. The van der Waals surface area contributed by atoms with E-state index in [4.69, 9.17) is 0 Å². The molecule has 142 valence electrons. The van der Waals surface area contributed by atoms with Gasteiger partial charge in [-0.15, -0.1) is 0 Å². The van der Waals surface area contributed by atoms with Gasteiger partial charge in [0.05, 0.1) is 6.20 Å². The quantitative estimate of drug-likeness (QED) is 0.885. The summed E-state index contributed by atoms with van der Waals surface area (Å²) in [5.41, 5.74) is -0.0606. The third-order valence-electron chi connectivity index (χ3n) is 5.56. The van der Waals surface area contributed by atoms with E-state index in [9.17, 15) is 14.4 Å². The molecule has 7 nitrogen and oxygen atoms in total. The summed E-state index contributed by atoms with van der Waals surface area (Å²) in [6.07, 6.45) is 6.91. The van der Waals surface area contributed by atoms with E-state index in [0.29, 0.717) is 25.4 Å². The predicted octanol–water partition coefficient (Wildman–Crippen LogP) is 1.66. The fourth-order valence-electron chi connectivity index (χ4n) is 4.06. The molecule has 0 bridgehead atoms. The largest absolute Gasteiger partial charge is 0.342 e. The number of aromatic nitrogens is 2. The minimum atomic E-state index is -0.316. The summed E-state index contributed by atoms with van der Waals surface area (Å²) in [7, 11) is 0. The van der Waals surface area contributed by atoms with Crippen LogP contribution in [0.2, 0.25) is 0 Å². The number of H-pyrrole nitrogens is 1. The molecule has 3 heterocycles. The van der Waals surface area contributed by atoms with Crippen molar-refractivity contribution in [2.45, 2.75) is 46.0 Å². The Bertz CT molecular complexity index is 709. The number of carbonyl (C=O) groups is 2. The maximum Gasteiger partial charge on any atom is 0.273 e. The molecule has 0 unspecified atom stereocenters. The number of likely N-dealkylation sites (tertiary alicyclic amines) is 2. The van der Waals surface area contributed by atoms with Gasteiger partial charge >= 0.3 is 0 Å². The van der Waals surface area contributed by atoms with Crippen molar-refractivity contribution >= 4 is 11.8 Å². The first kappa shape index (κ1) is 18.6. The van der Waals surface area contributed by atoms with Crippen LogP contribution in [0.3, 0.4) is 0 Å². The summed E-state index contributed by atoms with van der Waals surface area (Å²) < 4.78 is 0. The first-order chi connectivity index (χ1) is 12.4. The van der Waals surface area contributed by atoms with Crippen LogP contribution < -0.4 is 5.56 Å². The van der Waals surface area contributed by atoms with Crippen molar-refractivity contribution in [3.05, 3.63) is 28.4 Å². The van der Waals surface area contributed by atoms with Crippen LogP contribution >= 0.6 is 0 Å². The van der Waals surface area contributed by atoms with Gasteiger partial charge in [0.1, 0.15) is 5.69 Å². The molecular weight excluding hydrogens is 332 g/mol. The Kier molecular flexibility index (Phi) is 5.44. The van der Waals surface area contributed by atoms with E-state index in [1.165, 1.54) is 6.20 Å². The summed E-state index contributed by atoms with van der Waals surface area (Å²) in [5.74, 6) is 0.657. The second-order valence-electron chi connectivity index (χ2n) is 8.12. The van der Waals surface area contributed by atoms with Crippen molar-refractivity contribution in [1.82, 2.24) is 19.8 Å². The van der Waals surface area contributed by atoms with E-state index in [-0.39, 0.29) is 28.5 Å². The third-order valence-corrected chi connectivity index (χ3v) is 5.56. The summed E-state index contributed by atoms with van der Waals surface area (Å²) in [6, 6.07) is 0. The highest BCUT2D eigenvalue weighted by molar-refractivity contribution is 5.92. The molecule has 1 atom stereocenters. The fraction of sp³-hybridized carbons (Fsp3) is 0.684. The van der Waals surface area contributed by atoms with Gasteiger partial charge in [-0.25, -0.2) is 4.98 Å². The topological polar surface area (TPSA) is 86.4 Å². The summed E-state index contributed by atoms with van der Waals surface area (Å²) in [6.45, 7) is 7.22. The molecule has 1 N–H and O–H groups in total. The number of nitrogens with zero attached hydrogens (tertiary/aromatic N) is 3. The van der Waals surface area contributed by atoms with Gasteiger partial charge in [0.15, 0.2) is 0 Å². The van der Waals surface area contributed by atoms with Gasteiger partial charge in [0.25, 0.3) is 11.5 Å². The zero-order valence-corrected chi connectivity index (χ0v) is 15.7. The van der Waals surface area contributed by atoms with Crippen LogP contribution in [0.4, 0.5) is 0 Å². The second-order valence-corrected chi connectivity index (χ2v) is 8.12. The standard InChI is InChI=1S/C19H28N4O3/c1-14(2)5-9-22-12-19(7-4-17(22)25)6-3-8-23(13-19)18(26)15-10-21-16(24)11-20-15/h10-11,14H,3-9,12-13H2,1-2H3,(H,21,24)/t19-/m0/s1. The fourth-order valence-corrected chi connectivity index (χ4v) is 4.06.